The number of pyridine rings is 1. The molecule has 140 valence electrons. The van der Waals surface area contributed by atoms with Crippen LogP contribution in [0.3, 0.4) is 0 Å². The Bertz CT molecular complexity index is 582. The fourth-order valence-electron chi connectivity index (χ4n) is 3.96. The molecule has 0 aliphatic carbocycles. The summed E-state index contributed by atoms with van der Waals surface area (Å²) in [6.07, 6.45) is 1.78. The Kier molecular flexibility index (Phi) is 6.91. The van der Waals surface area contributed by atoms with Gasteiger partial charge in [-0.15, -0.1) is 24.8 Å². The van der Waals surface area contributed by atoms with Crippen LogP contribution < -0.4 is 10.2 Å². The number of nitrogens with one attached hydrogen (secondary N) is 1. The first-order valence-corrected chi connectivity index (χ1v) is 8.60. The second-order valence-corrected chi connectivity index (χ2v) is 7.08. The molecule has 0 radical (unpaired) electrons. The summed E-state index contributed by atoms with van der Waals surface area (Å²) in [4.78, 5) is 23.9. The molecule has 1 N–H and O–H groups in total. The fourth-order valence-corrected chi connectivity index (χ4v) is 3.96. The molecule has 0 aromatic carbocycles. The van der Waals surface area contributed by atoms with E-state index in [0.717, 1.165) is 63.7 Å². The highest BCUT2D eigenvalue weighted by atomic mass is 35.5. The molecule has 3 saturated heterocycles. The summed E-state index contributed by atoms with van der Waals surface area (Å²) in [6.45, 7) is 7.92. The standard InChI is InChI=1S/C17H25N5O.2ClH/c1-20-4-6-21(7-5-20)16-8-13(2-3-19-16)17(23)22-11-14-9-18-10-15(14)12-22;;/h2-3,8,14-15,18H,4-7,9-12H2,1H3;2*1H/t14-,15+;;. The van der Waals surface area contributed by atoms with Crippen molar-refractivity contribution in [1.29, 1.82) is 0 Å². The number of anilines is 1. The highest BCUT2D eigenvalue weighted by Gasteiger charge is 2.38. The summed E-state index contributed by atoms with van der Waals surface area (Å²) < 4.78 is 0. The van der Waals surface area contributed by atoms with Crippen molar-refractivity contribution in [2.75, 3.05) is 64.3 Å². The van der Waals surface area contributed by atoms with E-state index in [1.54, 1.807) is 6.20 Å². The van der Waals surface area contributed by atoms with Crippen LogP contribution in [0.1, 0.15) is 10.4 Å². The predicted molar refractivity (Wildman–Crippen MR) is 104 cm³/mol. The van der Waals surface area contributed by atoms with Crippen LogP contribution in [0.15, 0.2) is 18.3 Å². The number of piperazine rings is 1. The quantitative estimate of drug-likeness (QED) is 0.819. The second kappa shape index (κ2) is 8.54. The van der Waals surface area contributed by atoms with Crippen LogP contribution in [-0.2, 0) is 0 Å². The van der Waals surface area contributed by atoms with Gasteiger partial charge in [0.2, 0.25) is 0 Å². The van der Waals surface area contributed by atoms with Gasteiger partial charge in [-0.25, -0.2) is 4.98 Å². The summed E-state index contributed by atoms with van der Waals surface area (Å²) in [7, 11) is 2.14. The van der Waals surface area contributed by atoms with Gasteiger partial charge in [0, 0.05) is 64.1 Å². The monoisotopic (exact) mass is 387 g/mol. The molecule has 1 aromatic heterocycles. The van der Waals surface area contributed by atoms with E-state index in [-0.39, 0.29) is 30.7 Å². The molecule has 25 heavy (non-hydrogen) atoms. The summed E-state index contributed by atoms with van der Waals surface area (Å²) in [6, 6.07) is 3.83. The molecule has 6 nitrogen and oxygen atoms in total. The van der Waals surface area contributed by atoms with E-state index in [1.807, 2.05) is 17.0 Å². The maximum Gasteiger partial charge on any atom is 0.254 e. The zero-order chi connectivity index (χ0) is 15.8. The molecule has 3 fully saturated rings. The number of likely N-dealkylation sites (N-methyl/N-ethyl adjacent to an activating group) is 1. The van der Waals surface area contributed by atoms with Gasteiger partial charge in [0.05, 0.1) is 0 Å². The highest BCUT2D eigenvalue weighted by molar-refractivity contribution is 5.95. The van der Waals surface area contributed by atoms with Gasteiger partial charge in [-0.3, -0.25) is 4.79 Å². The van der Waals surface area contributed by atoms with Crippen molar-refractivity contribution in [2.45, 2.75) is 0 Å². The second-order valence-electron chi connectivity index (χ2n) is 7.08. The molecule has 3 aliphatic rings. The van der Waals surface area contributed by atoms with Crippen LogP contribution in [0.4, 0.5) is 5.82 Å². The number of amides is 1. The third-order valence-corrected chi connectivity index (χ3v) is 5.50. The van der Waals surface area contributed by atoms with Gasteiger partial charge in [-0.2, -0.15) is 0 Å². The van der Waals surface area contributed by atoms with Crippen molar-refractivity contribution in [3.63, 3.8) is 0 Å². The SMILES string of the molecule is CN1CCN(c2cc(C(=O)N3C[C@H]4CNC[C@H]4C3)ccn2)CC1.Cl.Cl. The zero-order valence-corrected chi connectivity index (χ0v) is 16.2. The number of halogens is 2. The third kappa shape index (κ3) is 4.19. The number of rotatable bonds is 2. The largest absolute Gasteiger partial charge is 0.354 e. The average molecular weight is 388 g/mol. The van der Waals surface area contributed by atoms with Crippen molar-refractivity contribution in [2.24, 2.45) is 11.8 Å². The Morgan fingerprint density at radius 3 is 2.40 bits per heavy atom. The first-order valence-electron chi connectivity index (χ1n) is 8.60. The van der Waals surface area contributed by atoms with E-state index >= 15 is 0 Å². The van der Waals surface area contributed by atoms with Crippen LogP contribution in [0.5, 0.6) is 0 Å². The van der Waals surface area contributed by atoms with Crippen LogP contribution in [0, 0.1) is 11.8 Å². The minimum atomic E-state index is 0. The van der Waals surface area contributed by atoms with Crippen molar-refractivity contribution in [1.82, 2.24) is 20.1 Å². The number of nitrogens with zero attached hydrogens (tertiary/aromatic N) is 4. The molecule has 0 saturated carbocycles. The lowest BCUT2D eigenvalue weighted by Gasteiger charge is -2.33. The summed E-state index contributed by atoms with van der Waals surface area (Å²) in [5.74, 6) is 2.37. The lowest BCUT2D eigenvalue weighted by Crippen LogP contribution is -2.44. The summed E-state index contributed by atoms with van der Waals surface area (Å²) in [5.41, 5.74) is 0.780. The summed E-state index contributed by atoms with van der Waals surface area (Å²) >= 11 is 0. The van der Waals surface area contributed by atoms with E-state index in [1.165, 1.54) is 0 Å². The fraction of sp³-hybridized carbons (Fsp3) is 0.647. The van der Waals surface area contributed by atoms with Gasteiger partial charge in [0.15, 0.2) is 0 Å². The van der Waals surface area contributed by atoms with Crippen molar-refractivity contribution < 1.29 is 4.79 Å². The first-order chi connectivity index (χ1) is 11.2. The van der Waals surface area contributed by atoms with Gasteiger partial charge < -0.3 is 20.0 Å². The number of carbonyl (C=O) groups is 1. The Hall–Kier alpha value is -1.08. The smallest absolute Gasteiger partial charge is 0.254 e. The predicted octanol–water partition coefficient (Wildman–Crippen LogP) is 0.968. The van der Waals surface area contributed by atoms with Crippen molar-refractivity contribution >= 4 is 36.5 Å². The number of carbonyl (C=O) groups excluding carboxylic acids is 1. The van der Waals surface area contributed by atoms with E-state index in [9.17, 15) is 4.79 Å². The topological polar surface area (TPSA) is 51.7 Å². The minimum Gasteiger partial charge on any atom is -0.354 e. The maximum absolute atomic E-state index is 12.8. The number of aromatic nitrogens is 1. The van der Waals surface area contributed by atoms with Gasteiger partial charge in [0.1, 0.15) is 5.82 Å². The molecule has 1 amide bonds. The zero-order valence-electron chi connectivity index (χ0n) is 14.6. The van der Waals surface area contributed by atoms with Gasteiger partial charge in [-0.1, -0.05) is 0 Å². The molecule has 4 rings (SSSR count). The molecule has 3 aliphatic heterocycles. The number of hydrogen-bond acceptors (Lipinski definition) is 5. The molecular formula is C17H27Cl2N5O. The molecule has 0 unspecified atom stereocenters. The Balaban J connectivity index is 0.00000113. The first kappa shape index (κ1) is 20.2. The molecule has 1 aromatic rings. The van der Waals surface area contributed by atoms with Crippen LogP contribution in [0.2, 0.25) is 0 Å². The molecular weight excluding hydrogens is 361 g/mol. The Labute approximate surface area is 161 Å². The lowest BCUT2D eigenvalue weighted by molar-refractivity contribution is 0.0781. The molecule has 0 spiro atoms. The minimum absolute atomic E-state index is 0. The van der Waals surface area contributed by atoms with Crippen molar-refractivity contribution in [3.05, 3.63) is 23.9 Å². The van der Waals surface area contributed by atoms with Gasteiger partial charge >= 0.3 is 0 Å². The number of fused-ring (bicyclic) bond motifs is 1. The van der Waals surface area contributed by atoms with E-state index in [0.29, 0.717) is 11.8 Å². The summed E-state index contributed by atoms with van der Waals surface area (Å²) in [5, 5.41) is 3.42. The maximum atomic E-state index is 12.8. The van der Waals surface area contributed by atoms with Crippen LogP contribution >= 0.6 is 24.8 Å². The van der Waals surface area contributed by atoms with Gasteiger partial charge in [-0.05, 0) is 31.0 Å². The Morgan fingerprint density at radius 2 is 1.76 bits per heavy atom. The van der Waals surface area contributed by atoms with E-state index in [2.05, 4.69) is 27.1 Å². The third-order valence-electron chi connectivity index (χ3n) is 5.50. The molecule has 0 bridgehead atoms. The van der Waals surface area contributed by atoms with Gasteiger partial charge in [0.25, 0.3) is 5.91 Å². The number of hydrogen-bond donors (Lipinski definition) is 1. The molecule has 8 heteroatoms. The average Bonchev–Trinajstić information content (AvgIpc) is 3.16. The van der Waals surface area contributed by atoms with E-state index < -0.39 is 0 Å². The van der Waals surface area contributed by atoms with E-state index in [4.69, 9.17) is 0 Å². The molecule has 4 heterocycles. The van der Waals surface area contributed by atoms with Crippen LogP contribution in [0.25, 0.3) is 0 Å². The molecule has 2 atom stereocenters. The normalized spacial score (nSPS) is 26.0. The Morgan fingerprint density at radius 1 is 1.12 bits per heavy atom. The van der Waals surface area contributed by atoms with Crippen LogP contribution in [-0.4, -0.2) is 80.1 Å². The number of likely N-dealkylation sites (tertiary alicyclic amines) is 1. The highest BCUT2D eigenvalue weighted by Crippen LogP contribution is 2.27. The van der Waals surface area contributed by atoms with Crippen molar-refractivity contribution in [3.8, 4) is 0 Å². The lowest BCUT2D eigenvalue weighted by atomic mass is 10.0.